The van der Waals surface area contributed by atoms with Crippen LogP contribution in [-0.4, -0.2) is 28.2 Å². The van der Waals surface area contributed by atoms with Crippen LogP contribution in [0.15, 0.2) is 59.1 Å². The van der Waals surface area contributed by atoms with Gasteiger partial charge in [0.1, 0.15) is 5.82 Å². The van der Waals surface area contributed by atoms with Crippen molar-refractivity contribution in [1.29, 1.82) is 0 Å². The molecular formula is C24H24N4O. The minimum Gasteiger partial charge on any atom is -0.356 e. The molecule has 3 heterocycles. The van der Waals surface area contributed by atoms with E-state index in [-0.39, 0.29) is 0 Å². The standard InChI is InChI=1S/C24H24N4O/c1-16-7-5-9-18(13-16)23-26-24(29-27-23)20-14-22(28-12-6-8-17(2)15-28)25-21-11-4-3-10-19(20)21/h3-5,7,9-11,13-14,17H,6,8,12,15H2,1-2H3/t17-/m0/s1. The molecule has 1 aliphatic heterocycles. The number of hydrogen-bond acceptors (Lipinski definition) is 5. The van der Waals surface area contributed by atoms with Gasteiger partial charge >= 0.3 is 0 Å². The third-order valence-electron chi connectivity index (χ3n) is 5.62. The summed E-state index contributed by atoms with van der Waals surface area (Å²) in [6, 6.07) is 18.4. The zero-order chi connectivity index (χ0) is 19.8. The quantitative estimate of drug-likeness (QED) is 0.467. The van der Waals surface area contributed by atoms with Crippen LogP contribution >= 0.6 is 0 Å². The molecule has 0 aliphatic carbocycles. The molecule has 0 N–H and O–H groups in total. The normalized spacial score (nSPS) is 17.0. The van der Waals surface area contributed by atoms with Gasteiger partial charge in [-0.2, -0.15) is 4.98 Å². The van der Waals surface area contributed by atoms with E-state index in [1.54, 1.807) is 0 Å². The number of anilines is 1. The van der Waals surface area contributed by atoms with Crippen molar-refractivity contribution in [3.8, 4) is 22.8 Å². The third kappa shape index (κ3) is 3.48. The molecule has 4 aromatic rings. The van der Waals surface area contributed by atoms with Crippen LogP contribution in [0, 0.1) is 12.8 Å². The molecular weight excluding hydrogens is 360 g/mol. The molecule has 0 spiro atoms. The Labute approximate surface area is 170 Å². The van der Waals surface area contributed by atoms with Crippen LogP contribution in [0.3, 0.4) is 0 Å². The largest absolute Gasteiger partial charge is 0.356 e. The van der Waals surface area contributed by atoms with Gasteiger partial charge in [-0.05, 0) is 43.9 Å². The van der Waals surface area contributed by atoms with Crippen LogP contribution < -0.4 is 4.90 Å². The highest BCUT2D eigenvalue weighted by molar-refractivity contribution is 5.94. The summed E-state index contributed by atoms with van der Waals surface area (Å²) in [6.45, 7) is 6.43. The van der Waals surface area contributed by atoms with Crippen molar-refractivity contribution in [2.24, 2.45) is 5.92 Å². The molecule has 146 valence electrons. The predicted octanol–water partition coefficient (Wildman–Crippen LogP) is 5.50. The van der Waals surface area contributed by atoms with Crippen molar-refractivity contribution >= 4 is 16.7 Å². The number of aryl methyl sites for hydroxylation is 1. The third-order valence-corrected chi connectivity index (χ3v) is 5.62. The number of pyridine rings is 1. The highest BCUT2D eigenvalue weighted by atomic mass is 16.5. The van der Waals surface area contributed by atoms with Gasteiger partial charge in [0.15, 0.2) is 0 Å². The number of piperidine rings is 1. The fraction of sp³-hybridized carbons (Fsp3) is 0.292. The van der Waals surface area contributed by atoms with Crippen molar-refractivity contribution in [3.05, 3.63) is 60.2 Å². The van der Waals surface area contributed by atoms with Crippen LogP contribution in [0.5, 0.6) is 0 Å². The number of hydrogen-bond donors (Lipinski definition) is 0. The summed E-state index contributed by atoms with van der Waals surface area (Å²) in [4.78, 5) is 12.0. The van der Waals surface area contributed by atoms with Gasteiger partial charge in [-0.15, -0.1) is 0 Å². The van der Waals surface area contributed by atoms with E-state index in [0.29, 0.717) is 17.6 Å². The fourth-order valence-corrected chi connectivity index (χ4v) is 4.13. The molecule has 5 nitrogen and oxygen atoms in total. The van der Waals surface area contributed by atoms with Crippen LogP contribution in [0.2, 0.25) is 0 Å². The maximum atomic E-state index is 5.71. The van der Waals surface area contributed by atoms with Crippen molar-refractivity contribution in [1.82, 2.24) is 15.1 Å². The Morgan fingerprint density at radius 1 is 1.03 bits per heavy atom. The molecule has 0 amide bonds. The Balaban J connectivity index is 1.61. The van der Waals surface area contributed by atoms with Gasteiger partial charge in [0, 0.05) is 24.0 Å². The van der Waals surface area contributed by atoms with E-state index in [2.05, 4.69) is 48.2 Å². The summed E-state index contributed by atoms with van der Waals surface area (Å²) in [5, 5.41) is 5.27. The summed E-state index contributed by atoms with van der Waals surface area (Å²) in [6.07, 6.45) is 2.48. The minimum atomic E-state index is 0.534. The first-order valence-electron chi connectivity index (χ1n) is 10.2. The summed E-state index contributed by atoms with van der Waals surface area (Å²) < 4.78 is 5.71. The molecule has 2 aromatic carbocycles. The number of rotatable bonds is 3. The van der Waals surface area contributed by atoms with Gasteiger partial charge in [-0.1, -0.05) is 54.0 Å². The van der Waals surface area contributed by atoms with Gasteiger partial charge in [0.25, 0.3) is 5.89 Å². The molecule has 0 saturated carbocycles. The maximum absolute atomic E-state index is 5.71. The van der Waals surface area contributed by atoms with Gasteiger partial charge in [0.05, 0.1) is 11.1 Å². The molecule has 29 heavy (non-hydrogen) atoms. The lowest BCUT2D eigenvalue weighted by Crippen LogP contribution is -2.34. The van der Waals surface area contributed by atoms with E-state index in [9.17, 15) is 0 Å². The lowest BCUT2D eigenvalue weighted by Gasteiger charge is -2.32. The van der Waals surface area contributed by atoms with Gasteiger partial charge in [-0.3, -0.25) is 0 Å². The van der Waals surface area contributed by atoms with Gasteiger partial charge < -0.3 is 9.42 Å². The number of benzene rings is 2. The van der Waals surface area contributed by atoms with Crippen molar-refractivity contribution in [2.75, 3.05) is 18.0 Å². The molecule has 1 saturated heterocycles. The zero-order valence-electron chi connectivity index (χ0n) is 16.8. The monoisotopic (exact) mass is 384 g/mol. The second kappa shape index (κ2) is 7.32. The average molecular weight is 384 g/mol. The maximum Gasteiger partial charge on any atom is 0.259 e. The smallest absolute Gasteiger partial charge is 0.259 e. The lowest BCUT2D eigenvalue weighted by atomic mass is 10.00. The molecule has 0 bridgehead atoms. The van der Waals surface area contributed by atoms with Crippen molar-refractivity contribution < 1.29 is 4.52 Å². The molecule has 5 heteroatoms. The van der Waals surface area contributed by atoms with E-state index < -0.39 is 0 Å². The van der Waals surface area contributed by atoms with E-state index >= 15 is 0 Å². The molecule has 1 fully saturated rings. The van der Waals surface area contributed by atoms with E-state index in [4.69, 9.17) is 14.5 Å². The Hall–Kier alpha value is -3.21. The summed E-state index contributed by atoms with van der Waals surface area (Å²) in [5.74, 6) is 2.81. The Kier molecular flexibility index (Phi) is 4.51. The molecule has 2 aromatic heterocycles. The number of nitrogens with zero attached hydrogens (tertiary/aromatic N) is 4. The Bertz CT molecular complexity index is 1170. The first-order chi connectivity index (χ1) is 14.2. The van der Waals surface area contributed by atoms with E-state index in [0.717, 1.165) is 40.9 Å². The average Bonchev–Trinajstić information content (AvgIpc) is 3.23. The molecule has 0 unspecified atom stereocenters. The highest BCUT2D eigenvalue weighted by Gasteiger charge is 2.21. The van der Waals surface area contributed by atoms with Crippen molar-refractivity contribution in [3.63, 3.8) is 0 Å². The Morgan fingerprint density at radius 2 is 1.93 bits per heavy atom. The minimum absolute atomic E-state index is 0.534. The molecule has 1 aliphatic rings. The Morgan fingerprint density at radius 3 is 2.79 bits per heavy atom. The van der Waals surface area contributed by atoms with Gasteiger partial charge in [0.2, 0.25) is 5.82 Å². The number of fused-ring (bicyclic) bond motifs is 1. The molecule has 1 atom stereocenters. The fourth-order valence-electron chi connectivity index (χ4n) is 4.13. The summed E-state index contributed by atoms with van der Waals surface area (Å²) in [5.41, 5.74) is 4.02. The lowest BCUT2D eigenvalue weighted by molar-refractivity contribution is 0.432. The van der Waals surface area contributed by atoms with Crippen LogP contribution in [0.4, 0.5) is 5.82 Å². The molecule has 5 rings (SSSR count). The van der Waals surface area contributed by atoms with E-state index in [1.807, 2.05) is 30.3 Å². The van der Waals surface area contributed by atoms with Crippen LogP contribution in [0.1, 0.15) is 25.3 Å². The van der Waals surface area contributed by atoms with Crippen LogP contribution in [-0.2, 0) is 0 Å². The number of aromatic nitrogens is 3. The summed E-state index contributed by atoms with van der Waals surface area (Å²) >= 11 is 0. The van der Waals surface area contributed by atoms with Crippen LogP contribution in [0.25, 0.3) is 33.7 Å². The highest BCUT2D eigenvalue weighted by Crippen LogP contribution is 2.33. The second-order valence-electron chi connectivity index (χ2n) is 8.03. The first-order valence-corrected chi connectivity index (χ1v) is 10.2. The van der Waals surface area contributed by atoms with Gasteiger partial charge in [-0.25, -0.2) is 4.98 Å². The topological polar surface area (TPSA) is 55.1 Å². The second-order valence-corrected chi connectivity index (χ2v) is 8.03. The SMILES string of the molecule is Cc1cccc(-c2noc(-c3cc(N4CCC[C@H](C)C4)nc4ccccc34)n2)c1. The summed E-state index contributed by atoms with van der Waals surface area (Å²) in [7, 11) is 0. The first kappa shape index (κ1) is 17.9. The number of para-hydroxylation sites is 1. The zero-order valence-corrected chi connectivity index (χ0v) is 16.8. The van der Waals surface area contributed by atoms with E-state index in [1.165, 1.54) is 18.4 Å². The van der Waals surface area contributed by atoms with Crippen molar-refractivity contribution in [2.45, 2.75) is 26.7 Å². The molecule has 0 radical (unpaired) electrons. The predicted molar refractivity (Wildman–Crippen MR) is 116 cm³/mol.